The van der Waals surface area contributed by atoms with Gasteiger partial charge >= 0.3 is 0 Å². The number of benzene rings is 2. The fourth-order valence-corrected chi connectivity index (χ4v) is 3.04. The molecule has 0 aliphatic heterocycles. The molecule has 0 radical (unpaired) electrons. The average Bonchev–Trinajstić information content (AvgIpc) is 2.94. The van der Waals surface area contributed by atoms with Crippen molar-refractivity contribution < 1.29 is 14.8 Å². The van der Waals surface area contributed by atoms with Gasteiger partial charge in [0.25, 0.3) is 5.69 Å². The van der Waals surface area contributed by atoms with Gasteiger partial charge < -0.3 is 10.1 Å². The van der Waals surface area contributed by atoms with Gasteiger partial charge in [0.1, 0.15) is 5.75 Å². The lowest BCUT2D eigenvalue weighted by Crippen LogP contribution is -2.02. The first-order valence-corrected chi connectivity index (χ1v) is 8.09. The number of phenols is 1. The van der Waals surface area contributed by atoms with Crippen LogP contribution in [0, 0.1) is 10.1 Å². The molecule has 0 spiro atoms. The molecular formula is C15H10ClN3O4S. The predicted octanol–water partition coefficient (Wildman–Crippen LogP) is 3.81. The summed E-state index contributed by atoms with van der Waals surface area (Å²) in [6.07, 6.45) is 0. The predicted molar refractivity (Wildman–Crippen MR) is 90.9 cm³/mol. The molecule has 0 saturated heterocycles. The van der Waals surface area contributed by atoms with Crippen molar-refractivity contribution in [1.29, 1.82) is 0 Å². The molecule has 24 heavy (non-hydrogen) atoms. The minimum absolute atomic E-state index is 0.0372. The van der Waals surface area contributed by atoms with E-state index in [4.69, 9.17) is 11.6 Å². The molecule has 122 valence electrons. The number of rotatable bonds is 5. The van der Waals surface area contributed by atoms with E-state index in [9.17, 15) is 20.0 Å². The highest BCUT2D eigenvalue weighted by Gasteiger charge is 2.14. The number of carbonyl (C=O) groups is 1. The number of phenolic OH excluding ortho intramolecular Hbond substituents is 1. The number of aromatic nitrogens is 2. The number of nitro benzene ring substituents is 1. The van der Waals surface area contributed by atoms with Crippen molar-refractivity contribution in [3.8, 4) is 5.75 Å². The summed E-state index contributed by atoms with van der Waals surface area (Å²) >= 11 is 6.88. The van der Waals surface area contributed by atoms with E-state index in [0.717, 1.165) is 11.8 Å². The summed E-state index contributed by atoms with van der Waals surface area (Å²) in [4.78, 5) is 29.6. The molecule has 2 N–H and O–H groups in total. The number of carbonyl (C=O) groups excluding carboxylic acids is 1. The molecule has 2 aromatic carbocycles. The second kappa shape index (κ2) is 6.50. The lowest BCUT2D eigenvalue weighted by molar-refractivity contribution is -0.384. The van der Waals surface area contributed by atoms with Gasteiger partial charge in [0, 0.05) is 17.2 Å². The SMILES string of the molecule is O=C(CSc1nc2ccc([N+](=O)[O-])cc2[nH]1)c1ccc(Cl)cc1O. The van der Waals surface area contributed by atoms with Crippen LogP contribution in [0.1, 0.15) is 10.4 Å². The number of halogens is 1. The highest BCUT2D eigenvalue weighted by molar-refractivity contribution is 7.99. The number of fused-ring (bicyclic) bond motifs is 1. The van der Waals surface area contributed by atoms with Gasteiger partial charge in [0.2, 0.25) is 0 Å². The van der Waals surface area contributed by atoms with E-state index >= 15 is 0 Å². The smallest absolute Gasteiger partial charge is 0.271 e. The topological polar surface area (TPSA) is 109 Å². The zero-order chi connectivity index (χ0) is 17.3. The van der Waals surface area contributed by atoms with E-state index in [1.807, 2.05) is 0 Å². The summed E-state index contributed by atoms with van der Waals surface area (Å²) in [5.74, 6) is -0.397. The standard InChI is InChI=1S/C15H10ClN3O4S/c16-8-1-3-10(13(20)5-8)14(21)7-24-15-17-11-4-2-9(19(22)23)6-12(11)18-15/h1-6,20H,7H2,(H,17,18). The summed E-state index contributed by atoms with van der Waals surface area (Å²) < 4.78 is 0. The number of thioether (sulfide) groups is 1. The molecule has 3 rings (SSSR count). The minimum atomic E-state index is -0.486. The number of hydrogen-bond acceptors (Lipinski definition) is 6. The fourth-order valence-electron chi connectivity index (χ4n) is 2.11. The molecule has 0 saturated carbocycles. The number of Topliss-reactive ketones (excluding diaryl/α,β-unsaturated/α-hetero) is 1. The van der Waals surface area contributed by atoms with Crippen LogP contribution < -0.4 is 0 Å². The summed E-state index contributed by atoms with van der Waals surface area (Å²) in [7, 11) is 0. The van der Waals surface area contributed by atoms with Gasteiger partial charge in [-0.05, 0) is 24.3 Å². The number of imidazole rings is 1. The fraction of sp³-hybridized carbons (Fsp3) is 0.0667. The van der Waals surface area contributed by atoms with Crippen molar-refractivity contribution in [3.63, 3.8) is 0 Å². The zero-order valence-corrected chi connectivity index (χ0v) is 13.6. The Balaban J connectivity index is 1.75. The number of nitrogens with one attached hydrogen (secondary N) is 1. The Hall–Kier alpha value is -2.58. The van der Waals surface area contributed by atoms with Gasteiger partial charge in [-0.3, -0.25) is 14.9 Å². The average molecular weight is 364 g/mol. The van der Waals surface area contributed by atoms with Crippen molar-refractivity contribution >= 4 is 45.9 Å². The van der Waals surface area contributed by atoms with Gasteiger partial charge in [-0.2, -0.15) is 0 Å². The van der Waals surface area contributed by atoms with Crippen LogP contribution >= 0.6 is 23.4 Å². The Morgan fingerprint density at radius 3 is 2.83 bits per heavy atom. The molecular weight excluding hydrogens is 354 g/mol. The number of H-pyrrole nitrogens is 1. The minimum Gasteiger partial charge on any atom is -0.507 e. The van der Waals surface area contributed by atoms with Crippen LogP contribution in [-0.4, -0.2) is 31.5 Å². The summed E-state index contributed by atoms with van der Waals surface area (Å²) in [5, 5.41) is 21.3. The molecule has 0 amide bonds. The second-order valence-electron chi connectivity index (χ2n) is 4.87. The Morgan fingerprint density at radius 2 is 2.12 bits per heavy atom. The van der Waals surface area contributed by atoms with Crippen LogP contribution in [0.15, 0.2) is 41.6 Å². The molecule has 0 atom stereocenters. The number of nitrogens with zero attached hydrogens (tertiary/aromatic N) is 2. The number of hydrogen-bond donors (Lipinski definition) is 2. The Bertz CT molecular complexity index is 957. The molecule has 9 heteroatoms. The van der Waals surface area contributed by atoms with Gasteiger partial charge in [-0.1, -0.05) is 23.4 Å². The molecule has 0 aliphatic rings. The lowest BCUT2D eigenvalue weighted by atomic mass is 10.1. The van der Waals surface area contributed by atoms with E-state index in [0.29, 0.717) is 21.2 Å². The van der Waals surface area contributed by atoms with Crippen molar-refractivity contribution in [2.75, 3.05) is 5.75 Å². The Kier molecular flexibility index (Phi) is 4.41. The number of aromatic hydroxyl groups is 1. The maximum Gasteiger partial charge on any atom is 0.271 e. The van der Waals surface area contributed by atoms with E-state index in [2.05, 4.69) is 9.97 Å². The molecule has 7 nitrogen and oxygen atoms in total. The highest BCUT2D eigenvalue weighted by Crippen LogP contribution is 2.26. The van der Waals surface area contributed by atoms with E-state index in [1.165, 1.54) is 30.3 Å². The first kappa shape index (κ1) is 16.3. The normalized spacial score (nSPS) is 10.9. The van der Waals surface area contributed by atoms with Crippen molar-refractivity contribution in [2.24, 2.45) is 0 Å². The summed E-state index contributed by atoms with van der Waals surface area (Å²) in [5.41, 5.74) is 1.24. The largest absolute Gasteiger partial charge is 0.507 e. The van der Waals surface area contributed by atoms with Gasteiger partial charge in [-0.25, -0.2) is 4.98 Å². The molecule has 1 heterocycles. The Morgan fingerprint density at radius 1 is 1.33 bits per heavy atom. The van der Waals surface area contributed by atoms with Gasteiger partial charge in [-0.15, -0.1) is 0 Å². The third kappa shape index (κ3) is 3.34. The van der Waals surface area contributed by atoms with Gasteiger partial charge in [0.05, 0.1) is 27.3 Å². The third-order valence-electron chi connectivity index (χ3n) is 3.25. The quantitative estimate of drug-likeness (QED) is 0.309. The summed E-state index contributed by atoms with van der Waals surface area (Å²) in [6.45, 7) is 0. The number of ketones is 1. The van der Waals surface area contributed by atoms with E-state index in [-0.39, 0.29) is 28.5 Å². The van der Waals surface area contributed by atoms with Crippen LogP contribution in [0.5, 0.6) is 5.75 Å². The van der Waals surface area contributed by atoms with E-state index in [1.54, 1.807) is 6.07 Å². The maximum atomic E-state index is 12.2. The Labute approximate surface area is 144 Å². The first-order valence-electron chi connectivity index (χ1n) is 6.73. The first-order chi connectivity index (χ1) is 11.4. The van der Waals surface area contributed by atoms with Gasteiger partial charge in [0.15, 0.2) is 10.9 Å². The molecule has 0 bridgehead atoms. The highest BCUT2D eigenvalue weighted by atomic mass is 35.5. The lowest BCUT2D eigenvalue weighted by Gasteiger charge is -2.03. The van der Waals surface area contributed by atoms with Crippen LogP contribution in [0.2, 0.25) is 5.02 Å². The van der Waals surface area contributed by atoms with Crippen molar-refractivity contribution in [3.05, 3.63) is 57.1 Å². The molecule has 0 fully saturated rings. The number of aromatic amines is 1. The molecule has 0 unspecified atom stereocenters. The molecule has 3 aromatic rings. The maximum absolute atomic E-state index is 12.2. The van der Waals surface area contributed by atoms with Crippen molar-refractivity contribution in [1.82, 2.24) is 9.97 Å². The third-order valence-corrected chi connectivity index (χ3v) is 4.36. The number of non-ortho nitro benzene ring substituents is 1. The van der Waals surface area contributed by atoms with Crippen LogP contribution in [-0.2, 0) is 0 Å². The van der Waals surface area contributed by atoms with Crippen molar-refractivity contribution in [2.45, 2.75) is 5.16 Å². The molecule has 1 aromatic heterocycles. The number of nitro groups is 1. The zero-order valence-electron chi connectivity index (χ0n) is 12.0. The van der Waals surface area contributed by atoms with E-state index < -0.39 is 4.92 Å². The van der Waals surface area contributed by atoms with Crippen LogP contribution in [0.4, 0.5) is 5.69 Å². The van der Waals surface area contributed by atoms with Crippen LogP contribution in [0.3, 0.4) is 0 Å². The summed E-state index contributed by atoms with van der Waals surface area (Å²) in [6, 6.07) is 8.59. The second-order valence-corrected chi connectivity index (χ2v) is 6.27. The monoisotopic (exact) mass is 363 g/mol. The molecule has 0 aliphatic carbocycles. The van der Waals surface area contributed by atoms with Crippen LogP contribution in [0.25, 0.3) is 11.0 Å².